The van der Waals surface area contributed by atoms with Crippen LogP contribution in [0.25, 0.3) is 0 Å². The van der Waals surface area contributed by atoms with E-state index in [-0.39, 0.29) is 13.2 Å². The maximum absolute atomic E-state index is 12.4. The molecule has 0 spiro atoms. The van der Waals surface area contributed by atoms with Crippen molar-refractivity contribution in [3.8, 4) is 0 Å². The molecular formula is C22H31NO7. The Kier molecular flexibility index (Phi) is 7.85. The topological polar surface area (TPSA) is 95.5 Å². The van der Waals surface area contributed by atoms with Gasteiger partial charge in [0.2, 0.25) is 0 Å². The molecule has 2 N–H and O–H groups in total. The number of carbonyl (C=O) groups excluding carboxylic acids is 1. The number of nitrogens with one attached hydrogen (secondary N) is 1. The average molecular weight is 421 g/mol. The molecule has 30 heavy (non-hydrogen) atoms. The lowest BCUT2D eigenvalue weighted by Gasteiger charge is -2.49. The Balaban J connectivity index is 1.64. The molecular weight excluding hydrogens is 390 g/mol. The van der Waals surface area contributed by atoms with Gasteiger partial charge >= 0.3 is 6.09 Å². The summed E-state index contributed by atoms with van der Waals surface area (Å²) in [5.74, 6) is -0.860. The van der Waals surface area contributed by atoms with E-state index < -0.39 is 42.5 Å². The van der Waals surface area contributed by atoms with E-state index in [1.54, 1.807) is 19.9 Å². The van der Waals surface area contributed by atoms with Gasteiger partial charge in [0, 0.05) is 0 Å². The fourth-order valence-corrected chi connectivity index (χ4v) is 3.47. The van der Waals surface area contributed by atoms with Gasteiger partial charge in [0.25, 0.3) is 0 Å². The molecule has 0 saturated carbocycles. The van der Waals surface area contributed by atoms with Crippen LogP contribution in [0.3, 0.4) is 0 Å². The first-order valence-electron chi connectivity index (χ1n) is 10.2. The Hall–Kier alpha value is -1.97. The summed E-state index contributed by atoms with van der Waals surface area (Å²) in [5.41, 5.74) is 0.861. The second-order valence-corrected chi connectivity index (χ2v) is 7.86. The first-order valence-corrected chi connectivity index (χ1v) is 10.2. The zero-order chi connectivity index (χ0) is 21.6. The Morgan fingerprint density at radius 2 is 2.13 bits per heavy atom. The number of fused-ring (bicyclic) bond motifs is 1. The van der Waals surface area contributed by atoms with E-state index in [1.807, 2.05) is 30.3 Å². The molecule has 2 heterocycles. The Morgan fingerprint density at radius 1 is 1.37 bits per heavy atom. The Bertz CT molecular complexity index is 696. The van der Waals surface area contributed by atoms with Crippen LogP contribution in [-0.2, 0) is 30.3 Å². The van der Waals surface area contributed by atoms with Crippen LogP contribution in [0, 0.1) is 0 Å². The van der Waals surface area contributed by atoms with E-state index >= 15 is 0 Å². The number of aliphatic hydroxyl groups is 1. The van der Waals surface area contributed by atoms with Crippen molar-refractivity contribution in [1.29, 1.82) is 0 Å². The van der Waals surface area contributed by atoms with Crippen LogP contribution in [0.2, 0.25) is 0 Å². The highest BCUT2D eigenvalue weighted by Crippen LogP contribution is 2.32. The van der Waals surface area contributed by atoms with Crippen molar-refractivity contribution in [3.05, 3.63) is 48.6 Å². The van der Waals surface area contributed by atoms with Gasteiger partial charge in [-0.05, 0) is 32.3 Å². The predicted molar refractivity (Wildman–Crippen MR) is 109 cm³/mol. The predicted octanol–water partition coefficient (Wildman–Crippen LogP) is 2.50. The van der Waals surface area contributed by atoms with Crippen molar-refractivity contribution < 1.29 is 33.6 Å². The summed E-state index contributed by atoms with van der Waals surface area (Å²) in [6.45, 7) is 7.99. The van der Waals surface area contributed by atoms with Gasteiger partial charge in [-0.1, -0.05) is 36.4 Å². The monoisotopic (exact) mass is 421 g/mol. The molecule has 5 atom stereocenters. The second kappa shape index (κ2) is 10.4. The number of rotatable bonds is 8. The quantitative estimate of drug-likeness (QED) is 0.492. The number of hydrogen-bond acceptors (Lipinski definition) is 7. The number of aliphatic hydroxyl groups excluding tert-OH is 1. The summed E-state index contributed by atoms with van der Waals surface area (Å²) in [6, 6.07) is 8.49. The molecule has 2 fully saturated rings. The summed E-state index contributed by atoms with van der Waals surface area (Å²) >= 11 is 0. The number of ether oxygens (including phenoxy) is 5. The fourth-order valence-electron chi connectivity index (χ4n) is 3.47. The number of benzene rings is 1. The van der Waals surface area contributed by atoms with Crippen molar-refractivity contribution >= 4 is 6.09 Å². The van der Waals surface area contributed by atoms with Crippen molar-refractivity contribution in [2.75, 3.05) is 13.2 Å². The maximum atomic E-state index is 12.4. The third-order valence-corrected chi connectivity index (χ3v) is 5.02. The van der Waals surface area contributed by atoms with Gasteiger partial charge in [-0.2, -0.15) is 0 Å². The van der Waals surface area contributed by atoms with Crippen molar-refractivity contribution in [3.63, 3.8) is 0 Å². The number of allylic oxidation sites excluding steroid dienone is 1. The molecule has 2 aliphatic heterocycles. The number of carbonyl (C=O) groups is 1. The normalized spacial score (nSPS) is 30.2. The molecule has 1 aromatic carbocycles. The van der Waals surface area contributed by atoms with E-state index in [2.05, 4.69) is 11.9 Å². The number of unbranched alkanes of at least 4 members (excludes halogenated alkanes) is 1. The summed E-state index contributed by atoms with van der Waals surface area (Å²) in [4.78, 5) is 12.4. The minimum Gasteiger partial charge on any atom is -0.445 e. The number of amides is 1. The zero-order valence-electron chi connectivity index (χ0n) is 17.5. The van der Waals surface area contributed by atoms with Gasteiger partial charge in [0.05, 0.1) is 13.2 Å². The van der Waals surface area contributed by atoms with E-state index in [9.17, 15) is 9.90 Å². The molecule has 3 rings (SSSR count). The summed E-state index contributed by atoms with van der Waals surface area (Å²) in [7, 11) is 0. The molecule has 0 unspecified atom stereocenters. The molecule has 166 valence electrons. The third-order valence-electron chi connectivity index (χ3n) is 5.02. The molecule has 1 aromatic rings. The summed E-state index contributed by atoms with van der Waals surface area (Å²) in [6.07, 6.45) is -0.410. The third kappa shape index (κ3) is 6.02. The maximum Gasteiger partial charge on any atom is 0.407 e. The lowest BCUT2D eigenvalue weighted by molar-refractivity contribution is -0.368. The van der Waals surface area contributed by atoms with E-state index in [0.717, 1.165) is 18.4 Å². The lowest BCUT2D eigenvalue weighted by atomic mass is 9.95. The van der Waals surface area contributed by atoms with Gasteiger partial charge in [-0.3, -0.25) is 0 Å². The lowest BCUT2D eigenvalue weighted by Crippen LogP contribution is -2.68. The van der Waals surface area contributed by atoms with Crippen molar-refractivity contribution in [1.82, 2.24) is 5.32 Å². The number of hydrogen-bond donors (Lipinski definition) is 2. The smallest absolute Gasteiger partial charge is 0.407 e. The van der Waals surface area contributed by atoms with E-state index in [1.165, 1.54) is 0 Å². The average Bonchev–Trinajstić information content (AvgIpc) is 2.73. The van der Waals surface area contributed by atoms with Crippen LogP contribution in [-0.4, -0.2) is 60.8 Å². The van der Waals surface area contributed by atoms with E-state index in [0.29, 0.717) is 6.61 Å². The molecule has 8 heteroatoms. The first kappa shape index (κ1) is 22.7. The van der Waals surface area contributed by atoms with Gasteiger partial charge in [0.1, 0.15) is 31.0 Å². The minimum absolute atomic E-state index is 0.116. The standard InChI is InChI=1S/C22H31NO7/c1-4-5-9-12-26-20-17(23-21(25)27-13-15-10-7-6-8-11-15)18(24)19-16(29-20)14-28-22(2,3)30-19/h4,6-8,10-11,16-20,24H,1,5,9,12-14H2,2-3H3,(H,23,25)/t16-,17+,18-,19-,20+/m1/s1. The van der Waals surface area contributed by atoms with Crippen LogP contribution >= 0.6 is 0 Å². The van der Waals surface area contributed by atoms with Crippen LogP contribution < -0.4 is 5.32 Å². The molecule has 0 aliphatic carbocycles. The van der Waals surface area contributed by atoms with Gasteiger partial charge < -0.3 is 34.1 Å². The molecule has 2 aliphatic rings. The Labute approximate surface area is 177 Å². The highest BCUT2D eigenvalue weighted by atomic mass is 16.8. The molecule has 1 amide bonds. The highest BCUT2D eigenvalue weighted by molar-refractivity contribution is 5.67. The van der Waals surface area contributed by atoms with Crippen LogP contribution in [0.5, 0.6) is 0 Å². The van der Waals surface area contributed by atoms with Crippen LogP contribution in [0.1, 0.15) is 32.3 Å². The molecule has 0 bridgehead atoms. The first-order chi connectivity index (χ1) is 14.4. The fraction of sp³-hybridized carbons (Fsp3) is 0.591. The summed E-state index contributed by atoms with van der Waals surface area (Å²) < 4.78 is 28.6. The summed E-state index contributed by atoms with van der Waals surface area (Å²) in [5, 5.41) is 13.7. The molecule has 0 radical (unpaired) electrons. The van der Waals surface area contributed by atoms with Crippen molar-refractivity contribution in [2.45, 2.75) is 69.7 Å². The highest BCUT2D eigenvalue weighted by Gasteiger charge is 2.51. The Morgan fingerprint density at radius 3 is 2.87 bits per heavy atom. The van der Waals surface area contributed by atoms with Crippen LogP contribution in [0.4, 0.5) is 4.79 Å². The SMILES string of the molecule is C=CCCCO[C@H]1O[C@@H]2COC(C)(C)O[C@H]2[C@H](O)[C@@H]1NC(=O)OCc1ccccc1. The van der Waals surface area contributed by atoms with Gasteiger partial charge in [0.15, 0.2) is 12.1 Å². The van der Waals surface area contributed by atoms with Gasteiger partial charge in [-0.25, -0.2) is 4.79 Å². The minimum atomic E-state index is -1.05. The van der Waals surface area contributed by atoms with E-state index in [4.69, 9.17) is 23.7 Å². The molecule has 0 aromatic heterocycles. The van der Waals surface area contributed by atoms with Gasteiger partial charge in [-0.15, -0.1) is 6.58 Å². The van der Waals surface area contributed by atoms with Crippen LogP contribution in [0.15, 0.2) is 43.0 Å². The molecule has 2 saturated heterocycles. The molecule has 8 nitrogen and oxygen atoms in total. The van der Waals surface area contributed by atoms with Crippen molar-refractivity contribution in [2.24, 2.45) is 0 Å². The second-order valence-electron chi connectivity index (χ2n) is 7.86. The zero-order valence-corrected chi connectivity index (χ0v) is 17.5. The largest absolute Gasteiger partial charge is 0.445 e. The number of alkyl carbamates (subject to hydrolysis) is 1.